The summed E-state index contributed by atoms with van der Waals surface area (Å²) in [5.74, 6) is 0.372. The fourth-order valence-electron chi connectivity index (χ4n) is 17.1. The molecule has 0 N–H and O–H groups in total. The fourth-order valence-corrected chi connectivity index (χ4v) is 18.1. The lowest BCUT2D eigenvalue weighted by molar-refractivity contribution is 0.0251. The van der Waals surface area contributed by atoms with Gasteiger partial charge in [-0.15, -0.1) is 0 Å². The lowest BCUT2D eigenvalue weighted by atomic mass is 9.26. The van der Waals surface area contributed by atoms with Gasteiger partial charge in [0, 0.05) is 56.8 Å². The van der Waals surface area contributed by atoms with Crippen molar-refractivity contribution in [1.82, 2.24) is 4.48 Å². The molecule has 7 aliphatic rings. The molecule has 8 atom stereocenters. The van der Waals surface area contributed by atoms with Crippen LogP contribution < -0.4 is 25.2 Å². The maximum Gasteiger partial charge on any atom is 0.232 e. The van der Waals surface area contributed by atoms with E-state index in [1.54, 1.807) is 32.9 Å². The number of quaternary nitrogens is 1. The Balaban J connectivity index is 1.13. The van der Waals surface area contributed by atoms with Crippen LogP contribution in [0, 0.1) is 19.3 Å². The summed E-state index contributed by atoms with van der Waals surface area (Å²) in [7, 11) is 1.67. The number of rotatable bonds is 5. The van der Waals surface area contributed by atoms with Gasteiger partial charge in [0.25, 0.3) is 0 Å². The molecular formula is C63H71BN3S+. The third-order valence-electron chi connectivity index (χ3n) is 19.8. The highest BCUT2D eigenvalue weighted by atomic mass is 32.3. The van der Waals surface area contributed by atoms with Gasteiger partial charge in [-0.05, 0) is 140 Å². The third kappa shape index (κ3) is 5.55. The Kier molecular flexibility index (Phi) is 9.37. The molecule has 0 bridgehead atoms. The Morgan fingerprint density at radius 3 is 1.97 bits per heavy atom. The van der Waals surface area contributed by atoms with Crippen LogP contribution in [0.4, 0.5) is 22.7 Å². The quantitative estimate of drug-likeness (QED) is 0.126. The van der Waals surface area contributed by atoms with Crippen LogP contribution >= 0.6 is 10.0 Å². The molecule has 3 aliphatic carbocycles. The fraction of sp³-hybridized carbons (Fsp3) is 0.397. The smallest absolute Gasteiger partial charge is 0.232 e. The molecule has 6 aromatic rings. The lowest BCUT2D eigenvalue weighted by Crippen LogP contribution is -2.78. The van der Waals surface area contributed by atoms with E-state index in [1.807, 2.05) is 0 Å². The molecule has 0 radical (unpaired) electrons. The average Bonchev–Trinajstić information content (AvgIpc) is 3.58. The van der Waals surface area contributed by atoms with Gasteiger partial charge in [-0.25, -0.2) is 10.0 Å². The Morgan fingerprint density at radius 2 is 1.25 bits per heavy atom. The van der Waals surface area contributed by atoms with Crippen molar-refractivity contribution in [2.45, 2.75) is 125 Å². The molecule has 0 spiro atoms. The second-order valence-corrected chi connectivity index (χ2v) is 28.2. The van der Waals surface area contributed by atoms with Gasteiger partial charge >= 0.3 is 0 Å². The minimum atomic E-state index is -1.08. The number of benzene rings is 6. The van der Waals surface area contributed by atoms with Crippen LogP contribution in [0.15, 0.2) is 156 Å². The Labute approximate surface area is 409 Å². The number of aryl methyl sites for hydroxylation is 2. The maximum atomic E-state index is 2.98. The van der Waals surface area contributed by atoms with Gasteiger partial charge in [-0.3, -0.25) is 4.48 Å². The molecule has 68 heavy (non-hydrogen) atoms. The second kappa shape index (κ2) is 14.8. The molecule has 4 heterocycles. The predicted octanol–water partition coefficient (Wildman–Crippen LogP) is 13.5. The largest absolute Gasteiger partial charge is 0.338 e. The summed E-state index contributed by atoms with van der Waals surface area (Å²) < 4.78 is 1.00. The molecule has 3 nitrogen and oxygen atoms in total. The minimum absolute atomic E-state index is 0.0502. The summed E-state index contributed by atoms with van der Waals surface area (Å²) >= 11 is 0. The normalized spacial score (nSPS) is 32.2. The van der Waals surface area contributed by atoms with Crippen molar-refractivity contribution >= 4 is 50.4 Å². The van der Waals surface area contributed by atoms with E-state index < -0.39 is 10.0 Å². The summed E-state index contributed by atoms with van der Waals surface area (Å²) in [6, 6.07) is 56.5. The molecule has 4 aliphatic heterocycles. The first-order valence-corrected chi connectivity index (χ1v) is 29.0. The van der Waals surface area contributed by atoms with E-state index >= 15 is 0 Å². The zero-order chi connectivity index (χ0) is 46.6. The van der Waals surface area contributed by atoms with E-state index in [0.29, 0.717) is 11.9 Å². The standard InChI is InChI=1S/C63H71BN3S/c1-43-27-30-47(31-28-43)65-55-32-29-44(2)37-52(55)64-53-41-49(68(6,7)8)40-51-59(53)67(5,42-60(3)33-17-19-35-62(51,60)45-21-11-9-12-22-45)57-39-48(38-56(65)58(57)64)66-54-26-16-15-25-50(54)63(46-23-13-10-14-24-46)36-20-18-34-61(63,66)4/h9-16,21-32,37-38,40-41,56-58H,17-20,33-36,39,42H2,1-8H3/q+1. The van der Waals surface area contributed by atoms with Crippen LogP contribution in [-0.4, -0.2) is 56.7 Å². The Bertz CT molecular complexity index is 3030. The molecule has 0 saturated heterocycles. The zero-order valence-electron chi connectivity index (χ0n) is 42.0. The first-order valence-electron chi connectivity index (χ1n) is 26.1. The van der Waals surface area contributed by atoms with Crippen LogP contribution in [0.3, 0.4) is 0 Å². The first kappa shape index (κ1) is 43.1. The molecule has 6 aromatic carbocycles. The van der Waals surface area contributed by atoms with Crippen LogP contribution in [0.5, 0.6) is 0 Å². The highest BCUT2D eigenvalue weighted by Crippen LogP contribution is 2.68. The molecule has 13 rings (SSSR count). The van der Waals surface area contributed by atoms with Crippen molar-refractivity contribution in [2.24, 2.45) is 5.41 Å². The third-order valence-corrected chi connectivity index (χ3v) is 21.4. The number of fused-ring (bicyclic) bond motifs is 9. The van der Waals surface area contributed by atoms with E-state index in [1.165, 1.54) is 96.1 Å². The van der Waals surface area contributed by atoms with Gasteiger partial charge in [-0.2, -0.15) is 0 Å². The van der Waals surface area contributed by atoms with Crippen LogP contribution in [0.25, 0.3) is 0 Å². The SMILES string of the molecule is Cc1ccc(N2c3ccc(C)cc3B3c4cc(S(C)(C)C)cc5c4[N+](C)(CC4(C)CCCCC54c4ccccc4)C4CC(N5c6ccccc6C6(c7ccccc7)CCCCC56C)=CC2C34)cc1. The lowest BCUT2D eigenvalue weighted by Gasteiger charge is -2.67. The molecule has 2 saturated carbocycles. The monoisotopic (exact) mass is 913 g/mol. The summed E-state index contributed by atoms with van der Waals surface area (Å²) in [4.78, 5) is 7.39. The van der Waals surface area contributed by atoms with Crippen LogP contribution in [0.2, 0.25) is 5.82 Å². The predicted molar refractivity (Wildman–Crippen MR) is 293 cm³/mol. The van der Waals surface area contributed by atoms with Crippen molar-refractivity contribution in [2.75, 3.05) is 42.2 Å². The van der Waals surface area contributed by atoms with E-state index in [0.717, 1.165) is 17.4 Å². The Hall–Kier alpha value is -4.97. The van der Waals surface area contributed by atoms with Crippen LogP contribution in [0.1, 0.15) is 105 Å². The number of hydrogen-bond donors (Lipinski definition) is 0. The highest BCUT2D eigenvalue weighted by molar-refractivity contribution is 8.32. The molecule has 0 amide bonds. The van der Waals surface area contributed by atoms with Crippen molar-refractivity contribution in [3.63, 3.8) is 0 Å². The topological polar surface area (TPSA) is 6.48 Å². The zero-order valence-corrected chi connectivity index (χ0v) is 42.8. The van der Waals surface area contributed by atoms with Gasteiger partial charge in [0.1, 0.15) is 5.69 Å². The van der Waals surface area contributed by atoms with Gasteiger partial charge in [0.2, 0.25) is 6.71 Å². The van der Waals surface area contributed by atoms with Crippen molar-refractivity contribution < 1.29 is 0 Å². The first-order chi connectivity index (χ1) is 32.7. The molecule has 5 heteroatoms. The van der Waals surface area contributed by atoms with E-state index in [2.05, 4.69) is 209 Å². The maximum absolute atomic E-state index is 2.98. The van der Waals surface area contributed by atoms with Gasteiger partial charge in [0.05, 0.1) is 31.2 Å². The molecule has 0 aromatic heterocycles. The average molecular weight is 913 g/mol. The van der Waals surface area contributed by atoms with Gasteiger partial charge < -0.3 is 9.80 Å². The van der Waals surface area contributed by atoms with Crippen LogP contribution in [-0.2, 0) is 10.8 Å². The molecule has 2 fully saturated rings. The minimum Gasteiger partial charge on any atom is -0.338 e. The van der Waals surface area contributed by atoms with Gasteiger partial charge in [0.15, 0.2) is 0 Å². The highest BCUT2D eigenvalue weighted by Gasteiger charge is 2.70. The molecule has 8 unspecified atom stereocenters. The van der Waals surface area contributed by atoms with E-state index in [-0.39, 0.29) is 34.5 Å². The molecule has 346 valence electrons. The number of nitrogens with zero attached hydrogens (tertiary/aromatic N) is 3. The summed E-state index contributed by atoms with van der Waals surface area (Å²) in [5, 5.41) is 0. The van der Waals surface area contributed by atoms with Gasteiger partial charge in [-0.1, -0.05) is 147 Å². The summed E-state index contributed by atoms with van der Waals surface area (Å²) in [6.45, 7) is 11.4. The second-order valence-electron chi connectivity index (χ2n) is 24.1. The molecular weight excluding hydrogens is 842 g/mol. The van der Waals surface area contributed by atoms with Crippen molar-refractivity contribution in [1.29, 1.82) is 0 Å². The summed E-state index contributed by atoms with van der Waals surface area (Å²) in [6.07, 6.45) is 21.5. The van der Waals surface area contributed by atoms with Crippen molar-refractivity contribution in [3.8, 4) is 0 Å². The number of hydrogen-bond acceptors (Lipinski definition) is 2. The van der Waals surface area contributed by atoms with E-state index in [4.69, 9.17) is 0 Å². The van der Waals surface area contributed by atoms with E-state index in [9.17, 15) is 0 Å². The number of para-hydroxylation sites is 1. The van der Waals surface area contributed by atoms with Crippen molar-refractivity contribution in [3.05, 3.63) is 185 Å². The summed E-state index contributed by atoms with van der Waals surface area (Å²) in [5.41, 5.74) is 19.3. The number of anilines is 3. The Morgan fingerprint density at radius 1 is 0.618 bits per heavy atom.